The third-order valence-corrected chi connectivity index (χ3v) is 4.43. The van der Waals surface area contributed by atoms with Crippen LogP contribution in [0, 0.1) is 5.41 Å². The topological polar surface area (TPSA) is 24.5 Å². The lowest BCUT2D eigenvalue weighted by molar-refractivity contribution is 0.0303. The molecule has 0 aliphatic heterocycles. The molecule has 0 aromatic heterocycles. The molecule has 1 aromatic carbocycles. The molecule has 0 bridgehead atoms. The first kappa shape index (κ1) is 18.5. The number of hydrogen-bond donors (Lipinski definition) is 1. The van der Waals surface area contributed by atoms with E-state index < -0.39 is 0 Å². The fraction of sp³-hybridized carbons (Fsp3) is 0.429. The normalized spacial score (nSPS) is 17.9. The van der Waals surface area contributed by atoms with Gasteiger partial charge >= 0.3 is 0 Å². The van der Waals surface area contributed by atoms with Gasteiger partial charge in [-0.05, 0) is 55.6 Å². The minimum absolute atomic E-state index is 0.0701. The van der Waals surface area contributed by atoms with E-state index >= 15 is 0 Å². The van der Waals surface area contributed by atoms with E-state index in [9.17, 15) is 0 Å². The van der Waals surface area contributed by atoms with Gasteiger partial charge in [-0.3, -0.25) is 10.3 Å². The van der Waals surface area contributed by atoms with Crippen molar-refractivity contribution in [2.45, 2.75) is 33.2 Å². The van der Waals surface area contributed by atoms with Crippen LogP contribution in [0.3, 0.4) is 0 Å². The molecular formula is C21H30N2O. The summed E-state index contributed by atoms with van der Waals surface area (Å²) in [6.45, 7) is 11.6. The molecule has 0 saturated carbocycles. The zero-order chi connectivity index (χ0) is 17.7. The molecule has 130 valence electrons. The van der Waals surface area contributed by atoms with Crippen LogP contribution in [0.15, 0.2) is 60.3 Å². The molecule has 0 spiro atoms. The molecule has 3 heteroatoms. The highest BCUT2D eigenvalue weighted by molar-refractivity contribution is 5.78. The Morgan fingerprint density at radius 1 is 1.29 bits per heavy atom. The van der Waals surface area contributed by atoms with Gasteiger partial charge in [-0.25, -0.2) is 0 Å². The van der Waals surface area contributed by atoms with Gasteiger partial charge in [0.25, 0.3) is 0 Å². The second kappa shape index (κ2) is 7.82. The summed E-state index contributed by atoms with van der Waals surface area (Å²) in [6, 6.07) is 10.7. The highest BCUT2D eigenvalue weighted by Crippen LogP contribution is 2.38. The molecule has 1 aliphatic carbocycles. The summed E-state index contributed by atoms with van der Waals surface area (Å²) in [5, 5.41) is 0. The number of rotatable bonds is 7. The second-order valence-corrected chi connectivity index (χ2v) is 7.50. The minimum atomic E-state index is 0.0701. The fourth-order valence-electron chi connectivity index (χ4n) is 2.72. The average molecular weight is 326 g/mol. The molecule has 1 N–H and O–H groups in total. The maximum Gasteiger partial charge on any atom is 0.0898 e. The van der Waals surface area contributed by atoms with E-state index in [1.54, 1.807) is 0 Å². The standard InChI is InChI=1S/C21H30N2O/c1-16(23(5)6)15-24-22-20-12-19(13-21(3,4)14-20)17(2)18-10-8-7-9-11-18/h7-12,14,16,22H,2,13,15H2,1,3-6H3. The molecule has 0 fully saturated rings. The predicted molar refractivity (Wildman–Crippen MR) is 102 cm³/mol. The maximum atomic E-state index is 5.69. The van der Waals surface area contributed by atoms with E-state index in [-0.39, 0.29) is 5.41 Å². The molecule has 0 radical (unpaired) electrons. The van der Waals surface area contributed by atoms with Gasteiger partial charge in [0.1, 0.15) is 0 Å². The van der Waals surface area contributed by atoms with Crippen LogP contribution in [-0.2, 0) is 4.84 Å². The summed E-state index contributed by atoms with van der Waals surface area (Å²) in [5.74, 6) is 0. The van der Waals surface area contributed by atoms with Crippen molar-refractivity contribution in [3.63, 3.8) is 0 Å². The number of nitrogens with zero attached hydrogens (tertiary/aromatic N) is 1. The first-order valence-electron chi connectivity index (χ1n) is 8.51. The van der Waals surface area contributed by atoms with E-state index in [4.69, 9.17) is 4.84 Å². The third kappa shape index (κ3) is 5.08. The predicted octanol–water partition coefficient (Wildman–Crippen LogP) is 4.41. The van der Waals surface area contributed by atoms with Crippen LogP contribution in [0.2, 0.25) is 0 Å². The fourth-order valence-corrected chi connectivity index (χ4v) is 2.72. The average Bonchev–Trinajstić information content (AvgIpc) is 2.53. The van der Waals surface area contributed by atoms with E-state index in [1.165, 1.54) is 11.1 Å². The van der Waals surface area contributed by atoms with Gasteiger partial charge in [0, 0.05) is 6.04 Å². The van der Waals surface area contributed by atoms with Crippen molar-refractivity contribution < 1.29 is 4.84 Å². The second-order valence-electron chi connectivity index (χ2n) is 7.50. The van der Waals surface area contributed by atoms with E-state index in [0.717, 1.165) is 17.7 Å². The highest BCUT2D eigenvalue weighted by atomic mass is 16.6. The number of benzene rings is 1. The van der Waals surface area contributed by atoms with Gasteiger partial charge in [0.2, 0.25) is 0 Å². The van der Waals surface area contributed by atoms with Crippen molar-refractivity contribution in [1.82, 2.24) is 10.4 Å². The van der Waals surface area contributed by atoms with Crippen molar-refractivity contribution in [2.24, 2.45) is 5.41 Å². The van der Waals surface area contributed by atoms with Crippen LogP contribution in [0.5, 0.6) is 0 Å². The van der Waals surface area contributed by atoms with Crippen LogP contribution >= 0.6 is 0 Å². The van der Waals surface area contributed by atoms with Crippen LogP contribution in [0.4, 0.5) is 0 Å². The minimum Gasteiger partial charge on any atom is -0.304 e. The van der Waals surface area contributed by atoms with Crippen molar-refractivity contribution in [1.29, 1.82) is 0 Å². The van der Waals surface area contributed by atoms with Gasteiger partial charge < -0.3 is 4.90 Å². The van der Waals surface area contributed by atoms with Gasteiger partial charge in [0.05, 0.1) is 12.3 Å². The van der Waals surface area contributed by atoms with Crippen LogP contribution in [0.25, 0.3) is 5.57 Å². The molecule has 0 heterocycles. The Kier molecular flexibility index (Phi) is 6.03. The SMILES string of the molecule is C=C(C1=CC(NOCC(C)N(C)C)=CC(C)(C)C1)c1ccccc1. The third-order valence-electron chi connectivity index (χ3n) is 4.43. The van der Waals surface area contributed by atoms with Gasteiger partial charge in [-0.2, -0.15) is 0 Å². The Hall–Kier alpha value is -1.84. The Labute approximate surface area is 146 Å². The molecule has 1 aliphatic rings. The van der Waals surface area contributed by atoms with Gasteiger partial charge in [-0.1, -0.05) is 56.8 Å². The molecule has 2 rings (SSSR count). The van der Waals surface area contributed by atoms with Crippen molar-refractivity contribution in [2.75, 3.05) is 20.7 Å². The molecule has 1 aromatic rings. The zero-order valence-electron chi connectivity index (χ0n) is 15.6. The summed E-state index contributed by atoms with van der Waals surface area (Å²) in [6.07, 6.45) is 5.36. The molecule has 24 heavy (non-hydrogen) atoms. The molecule has 1 atom stereocenters. The summed E-state index contributed by atoms with van der Waals surface area (Å²) < 4.78 is 0. The smallest absolute Gasteiger partial charge is 0.0898 e. The summed E-state index contributed by atoms with van der Waals surface area (Å²) >= 11 is 0. The molecular weight excluding hydrogens is 296 g/mol. The zero-order valence-corrected chi connectivity index (χ0v) is 15.6. The lowest BCUT2D eigenvalue weighted by atomic mass is 9.78. The molecule has 0 saturated heterocycles. The lowest BCUT2D eigenvalue weighted by Gasteiger charge is -2.29. The number of likely N-dealkylation sites (N-methyl/N-ethyl adjacent to an activating group) is 1. The summed E-state index contributed by atoms with van der Waals surface area (Å²) in [5.41, 5.74) is 7.69. The number of allylic oxidation sites excluding steroid dienone is 4. The van der Waals surface area contributed by atoms with Crippen molar-refractivity contribution in [3.05, 3.63) is 65.9 Å². The van der Waals surface area contributed by atoms with Crippen LogP contribution < -0.4 is 5.48 Å². The summed E-state index contributed by atoms with van der Waals surface area (Å²) in [7, 11) is 4.11. The van der Waals surface area contributed by atoms with E-state index in [0.29, 0.717) is 12.6 Å². The van der Waals surface area contributed by atoms with Crippen LogP contribution in [-0.4, -0.2) is 31.6 Å². The van der Waals surface area contributed by atoms with Crippen molar-refractivity contribution in [3.8, 4) is 0 Å². The van der Waals surface area contributed by atoms with Gasteiger partial charge in [-0.15, -0.1) is 0 Å². The summed E-state index contributed by atoms with van der Waals surface area (Å²) in [4.78, 5) is 7.83. The molecule has 0 amide bonds. The largest absolute Gasteiger partial charge is 0.304 e. The maximum absolute atomic E-state index is 5.69. The van der Waals surface area contributed by atoms with E-state index in [1.807, 2.05) is 6.07 Å². The first-order chi connectivity index (χ1) is 11.3. The Morgan fingerprint density at radius 3 is 2.58 bits per heavy atom. The lowest BCUT2D eigenvalue weighted by Crippen LogP contribution is -2.32. The quantitative estimate of drug-likeness (QED) is 0.751. The molecule has 1 unspecified atom stereocenters. The molecule has 3 nitrogen and oxygen atoms in total. The van der Waals surface area contributed by atoms with E-state index in [2.05, 4.69) is 88.2 Å². The number of nitrogens with one attached hydrogen (secondary N) is 1. The number of hydroxylamine groups is 1. The monoisotopic (exact) mass is 326 g/mol. The Bertz CT molecular complexity index is 626. The Morgan fingerprint density at radius 2 is 1.96 bits per heavy atom. The Balaban J connectivity index is 2.08. The first-order valence-corrected chi connectivity index (χ1v) is 8.51. The van der Waals surface area contributed by atoms with Gasteiger partial charge in [0.15, 0.2) is 0 Å². The van der Waals surface area contributed by atoms with Crippen LogP contribution in [0.1, 0.15) is 32.8 Å². The van der Waals surface area contributed by atoms with Crippen molar-refractivity contribution >= 4 is 5.57 Å². The highest BCUT2D eigenvalue weighted by Gasteiger charge is 2.24. The number of hydrogen-bond acceptors (Lipinski definition) is 3.